The number of halogens is 2. The van der Waals surface area contributed by atoms with Crippen molar-refractivity contribution in [1.82, 2.24) is 15.2 Å². The van der Waals surface area contributed by atoms with Crippen LogP contribution in [-0.2, 0) is 17.8 Å². The van der Waals surface area contributed by atoms with Crippen molar-refractivity contribution in [3.05, 3.63) is 59.5 Å². The number of methoxy groups -OCH3 is 1. The Morgan fingerprint density at radius 2 is 1.85 bits per heavy atom. The Bertz CT molecular complexity index is 696. The molecule has 0 bridgehead atoms. The second-order valence-electron chi connectivity index (χ2n) is 5.73. The van der Waals surface area contributed by atoms with Crippen LogP contribution in [-0.4, -0.2) is 50.3 Å². The fraction of sp³-hybridized carbons (Fsp3) is 0.368. The summed E-state index contributed by atoms with van der Waals surface area (Å²) in [5.74, 6) is 1.08. The highest BCUT2D eigenvalue weighted by molar-refractivity contribution is 14.0. The molecule has 0 aliphatic heterocycles. The zero-order valence-corrected chi connectivity index (χ0v) is 18.1. The standard InChI is InChI=1S/C19H25FN4O2.HI/c1-21-19(24(2)14-15-4-7-17(20)8-5-15)23-13-16-6-9-18(22-12-16)26-11-10-25-3;/h4-9,12H,10-11,13-14H2,1-3H3,(H,21,23);1H. The van der Waals surface area contributed by atoms with E-state index in [0.717, 1.165) is 17.1 Å². The predicted molar refractivity (Wildman–Crippen MR) is 115 cm³/mol. The molecule has 0 aliphatic rings. The van der Waals surface area contributed by atoms with Crippen LogP contribution in [0.2, 0.25) is 0 Å². The molecule has 1 aromatic carbocycles. The van der Waals surface area contributed by atoms with Crippen LogP contribution in [0.25, 0.3) is 0 Å². The Labute approximate surface area is 176 Å². The summed E-state index contributed by atoms with van der Waals surface area (Å²) in [6, 6.07) is 10.2. The molecule has 0 saturated carbocycles. The van der Waals surface area contributed by atoms with Crippen LogP contribution >= 0.6 is 24.0 Å². The van der Waals surface area contributed by atoms with Gasteiger partial charge < -0.3 is 19.7 Å². The van der Waals surface area contributed by atoms with Gasteiger partial charge in [0.1, 0.15) is 12.4 Å². The van der Waals surface area contributed by atoms with Gasteiger partial charge in [-0.2, -0.15) is 0 Å². The number of aliphatic imine (C=N–C) groups is 1. The van der Waals surface area contributed by atoms with E-state index in [-0.39, 0.29) is 29.8 Å². The minimum Gasteiger partial charge on any atom is -0.475 e. The second kappa shape index (κ2) is 12.4. The lowest BCUT2D eigenvalue weighted by molar-refractivity contribution is 0.143. The van der Waals surface area contributed by atoms with Crippen LogP contribution < -0.4 is 10.1 Å². The number of hydrogen-bond acceptors (Lipinski definition) is 4. The Morgan fingerprint density at radius 1 is 1.15 bits per heavy atom. The number of hydrogen-bond donors (Lipinski definition) is 1. The van der Waals surface area contributed by atoms with Crippen molar-refractivity contribution in [2.45, 2.75) is 13.1 Å². The number of ether oxygens (including phenoxy) is 2. The largest absolute Gasteiger partial charge is 0.475 e. The first-order chi connectivity index (χ1) is 12.6. The van der Waals surface area contributed by atoms with Gasteiger partial charge in [-0.15, -0.1) is 24.0 Å². The maximum absolute atomic E-state index is 13.0. The van der Waals surface area contributed by atoms with Gasteiger partial charge in [-0.3, -0.25) is 4.99 Å². The van der Waals surface area contributed by atoms with E-state index in [2.05, 4.69) is 15.3 Å². The normalized spacial score (nSPS) is 10.9. The lowest BCUT2D eigenvalue weighted by Gasteiger charge is -2.22. The van der Waals surface area contributed by atoms with E-state index < -0.39 is 0 Å². The summed E-state index contributed by atoms with van der Waals surface area (Å²) in [5, 5.41) is 3.29. The van der Waals surface area contributed by atoms with Crippen molar-refractivity contribution in [2.24, 2.45) is 4.99 Å². The monoisotopic (exact) mass is 488 g/mol. The molecule has 0 saturated heterocycles. The van der Waals surface area contributed by atoms with Gasteiger partial charge in [-0.05, 0) is 23.3 Å². The number of pyridine rings is 1. The van der Waals surface area contributed by atoms with Gasteiger partial charge in [-0.1, -0.05) is 18.2 Å². The van der Waals surface area contributed by atoms with Gasteiger partial charge in [0.05, 0.1) is 6.61 Å². The van der Waals surface area contributed by atoms with E-state index in [1.54, 1.807) is 32.5 Å². The summed E-state index contributed by atoms with van der Waals surface area (Å²) in [4.78, 5) is 10.5. The summed E-state index contributed by atoms with van der Waals surface area (Å²) >= 11 is 0. The van der Waals surface area contributed by atoms with Gasteiger partial charge in [0.25, 0.3) is 0 Å². The molecule has 8 heteroatoms. The predicted octanol–water partition coefficient (Wildman–Crippen LogP) is 3.07. The third-order valence-electron chi connectivity index (χ3n) is 3.69. The fourth-order valence-corrected chi connectivity index (χ4v) is 2.33. The first-order valence-electron chi connectivity index (χ1n) is 8.35. The summed E-state index contributed by atoms with van der Waals surface area (Å²) in [5.41, 5.74) is 2.02. The zero-order chi connectivity index (χ0) is 18.8. The molecule has 0 fully saturated rings. The quantitative estimate of drug-likeness (QED) is 0.268. The molecule has 6 nitrogen and oxygen atoms in total. The number of nitrogens with zero attached hydrogens (tertiary/aromatic N) is 3. The molecule has 0 amide bonds. The van der Waals surface area contributed by atoms with E-state index >= 15 is 0 Å². The summed E-state index contributed by atoms with van der Waals surface area (Å²) in [6.45, 7) is 2.22. The molecule has 0 atom stereocenters. The first kappa shape index (κ1) is 23.1. The third kappa shape index (κ3) is 8.08. The highest BCUT2D eigenvalue weighted by Gasteiger charge is 2.07. The van der Waals surface area contributed by atoms with Gasteiger partial charge in [0.15, 0.2) is 5.96 Å². The molecule has 2 aromatic rings. The third-order valence-corrected chi connectivity index (χ3v) is 3.69. The molecule has 2 rings (SSSR count). The molecule has 1 heterocycles. The van der Waals surface area contributed by atoms with Crippen LogP contribution in [0.3, 0.4) is 0 Å². The summed E-state index contributed by atoms with van der Waals surface area (Å²) in [6.07, 6.45) is 1.77. The van der Waals surface area contributed by atoms with Crippen molar-refractivity contribution >= 4 is 29.9 Å². The Balaban J connectivity index is 0.00000364. The highest BCUT2D eigenvalue weighted by Crippen LogP contribution is 2.08. The van der Waals surface area contributed by atoms with E-state index in [1.165, 1.54) is 12.1 Å². The van der Waals surface area contributed by atoms with Gasteiger partial charge in [0, 0.05) is 46.6 Å². The lowest BCUT2D eigenvalue weighted by atomic mass is 10.2. The van der Waals surface area contributed by atoms with E-state index in [4.69, 9.17) is 9.47 Å². The van der Waals surface area contributed by atoms with E-state index in [1.807, 2.05) is 24.1 Å². The minimum atomic E-state index is -0.235. The smallest absolute Gasteiger partial charge is 0.213 e. The molecule has 1 N–H and O–H groups in total. The molecule has 27 heavy (non-hydrogen) atoms. The van der Waals surface area contributed by atoms with E-state index in [9.17, 15) is 4.39 Å². The molecule has 0 radical (unpaired) electrons. The van der Waals surface area contributed by atoms with Crippen LogP contribution in [0.5, 0.6) is 5.88 Å². The van der Waals surface area contributed by atoms with Crippen molar-refractivity contribution in [3.63, 3.8) is 0 Å². The SMILES string of the molecule is CN=C(NCc1ccc(OCCOC)nc1)N(C)Cc1ccc(F)cc1.I. The lowest BCUT2D eigenvalue weighted by Crippen LogP contribution is -2.38. The topological polar surface area (TPSA) is 59.0 Å². The summed E-state index contributed by atoms with van der Waals surface area (Å²) in [7, 11) is 5.30. The number of nitrogens with one attached hydrogen (secondary N) is 1. The van der Waals surface area contributed by atoms with E-state index in [0.29, 0.717) is 32.2 Å². The number of aromatic nitrogens is 1. The van der Waals surface area contributed by atoms with Crippen LogP contribution in [0, 0.1) is 5.82 Å². The molecular formula is C19H26FIN4O2. The molecule has 0 unspecified atom stereocenters. The Hall–Kier alpha value is -1.94. The maximum atomic E-state index is 13.0. The molecule has 0 spiro atoms. The van der Waals surface area contributed by atoms with Crippen molar-refractivity contribution in [3.8, 4) is 5.88 Å². The van der Waals surface area contributed by atoms with Crippen molar-refractivity contribution < 1.29 is 13.9 Å². The number of guanidine groups is 1. The zero-order valence-electron chi connectivity index (χ0n) is 15.8. The Morgan fingerprint density at radius 3 is 2.44 bits per heavy atom. The fourth-order valence-electron chi connectivity index (χ4n) is 2.33. The van der Waals surface area contributed by atoms with Gasteiger partial charge in [0.2, 0.25) is 5.88 Å². The minimum absolute atomic E-state index is 0. The molecule has 0 aliphatic carbocycles. The molecule has 148 valence electrons. The van der Waals surface area contributed by atoms with Crippen LogP contribution in [0.15, 0.2) is 47.6 Å². The molecular weight excluding hydrogens is 462 g/mol. The van der Waals surface area contributed by atoms with Crippen LogP contribution in [0.4, 0.5) is 4.39 Å². The van der Waals surface area contributed by atoms with Crippen LogP contribution in [0.1, 0.15) is 11.1 Å². The maximum Gasteiger partial charge on any atom is 0.213 e. The average molecular weight is 488 g/mol. The first-order valence-corrected chi connectivity index (χ1v) is 8.35. The second-order valence-corrected chi connectivity index (χ2v) is 5.73. The van der Waals surface area contributed by atoms with Crippen molar-refractivity contribution in [1.29, 1.82) is 0 Å². The van der Waals surface area contributed by atoms with Gasteiger partial charge >= 0.3 is 0 Å². The number of rotatable bonds is 8. The number of benzene rings is 1. The average Bonchev–Trinajstić information content (AvgIpc) is 2.65. The summed E-state index contributed by atoms with van der Waals surface area (Å²) < 4.78 is 23.4. The molecule has 1 aromatic heterocycles. The van der Waals surface area contributed by atoms with Crippen molar-refractivity contribution in [2.75, 3.05) is 34.4 Å². The Kier molecular flexibility index (Phi) is 10.6. The van der Waals surface area contributed by atoms with Gasteiger partial charge in [-0.25, -0.2) is 9.37 Å². The highest BCUT2D eigenvalue weighted by atomic mass is 127.